The summed E-state index contributed by atoms with van der Waals surface area (Å²) in [6.07, 6.45) is 0. The first-order valence-electron chi connectivity index (χ1n) is 10.4. The number of methoxy groups -OCH3 is 2. The third-order valence-electron chi connectivity index (χ3n) is 5.00. The first kappa shape index (κ1) is 23.7. The van der Waals surface area contributed by atoms with Crippen molar-refractivity contribution in [3.8, 4) is 17.2 Å². The minimum atomic E-state index is -0.474. The Kier molecular flexibility index (Phi) is 7.91. The Hall–Kier alpha value is -4.00. The molecule has 0 aliphatic heterocycles. The molecule has 3 aromatic rings. The van der Waals surface area contributed by atoms with Crippen molar-refractivity contribution >= 4 is 17.6 Å². The maximum absolute atomic E-state index is 12.5. The third-order valence-corrected chi connectivity index (χ3v) is 5.00. The van der Waals surface area contributed by atoms with E-state index in [-0.39, 0.29) is 19.1 Å². The molecular formula is C26H27NO6. The number of nitrogens with one attached hydrogen (secondary N) is 1. The van der Waals surface area contributed by atoms with Gasteiger partial charge in [0.1, 0.15) is 12.4 Å². The summed E-state index contributed by atoms with van der Waals surface area (Å²) >= 11 is 0. The molecule has 172 valence electrons. The highest BCUT2D eigenvalue weighted by Gasteiger charge is 2.14. The topological polar surface area (TPSA) is 83.1 Å². The lowest BCUT2D eigenvalue weighted by atomic mass is 10.1. The fourth-order valence-electron chi connectivity index (χ4n) is 3.11. The summed E-state index contributed by atoms with van der Waals surface area (Å²) < 4.78 is 21.5. The van der Waals surface area contributed by atoms with E-state index in [9.17, 15) is 9.59 Å². The smallest absolute Gasteiger partial charge is 0.338 e. The number of carbonyl (C=O) groups is 2. The molecule has 33 heavy (non-hydrogen) atoms. The van der Waals surface area contributed by atoms with Gasteiger partial charge in [0.2, 0.25) is 0 Å². The van der Waals surface area contributed by atoms with Crippen molar-refractivity contribution in [1.82, 2.24) is 0 Å². The van der Waals surface area contributed by atoms with E-state index in [1.807, 2.05) is 32.0 Å². The molecule has 0 aliphatic carbocycles. The van der Waals surface area contributed by atoms with Crippen LogP contribution in [0.2, 0.25) is 0 Å². The number of anilines is 1. The Morgan fingerprint density at radius 1 is 0.848 bits per heavy atom. The number of carbonyl (C=O) groups excluding carboxylic acids is 2. The number of rotatable bonds is 9. The second-order valence-electron chi connectivity index (χ2n) is 7.44. The van der Waals surface area contributed by atoms with Crippen molar-refractivity contribution in [3.05, 3.63) is 82.9 Å². The van der Waals surface area contributed by atoms with Crippen molar-refractivity contribution in [2.45, 2.75) is 20.5 Å². The monoisotopic (exact) mass is 449 g/mol. The summed E-state index contributed by atoms with van der Waals surface area (Å²) in [5.74, 6) is 0.556. The highest BCUT2D eigenvalue weighted by molar-refractivity contribution is 5.92. The Labute approximate surface area is 193 Å². The molecule has 0 spiro atoms. The molecule has 7 nitrogen and oxygen atoms in total. The normalized spacial score (nSPS) is 10.3. The van der Waals surface area contributed by atoms with Crippen LogP contribution in [-0.4, -0.2) is 32.7 Å². The largest absolute Gasteiger partial charge is 0.497 e. The van der Waals surface area contributed by atoms with E-state index < -0.39 is 5.97 Å². The average Bonchev–Trinajstić information content (AvgIpc) is 2.83. The van der Waals surface area contributed by atoms with Crippen molar-refractivity contribution in [3.63, 3.8) is 0 Å². The van der Waals surface area contributed by atoms with Crippen molar-refractivity contribution in [2.24, 2.45) is 0 Å². The zero-order valence-corrected chi connectivity index (χ0v) is 19.1. The van der Waals surface area contributed by atoms with E-state index in [2.05, 4.69) is 5.32 Å². The van der Waals surface area contributed by atoms with E-state index in [1.54, 1.807) is 43.5 Å². The molecule has 0 radical (unpaired) electrons. The Bertz CT molecular complexity index is 1120. The minimum Gasteiger partial charge on any atom is -0.497 e. The fraction of sp³-hybridized carbons (Fsp3) is 0.231. The summed E-state index contributed by atoms with van der Waals surface area (Å²) in [4.78, 5) is 24.7. The Morgan fingerprint density at radius 2 is 1.61 bits per heavy atom. The summed E-state index contributed by atoms with van der Waals surface area (Å²) in [7, 11) is 3.04. The van der Waals surface area contributed by atoms with Crippen LogP contribution < -0.4 is 19.5 Å². The molecule has 0 bridgehead atoms. The number of aryl methyl sites for hydroxylation is 2. The third kappa shape index (κ3) is 6.49. The van der Waals surface area contributed by atoms with E-state index >= 15 is 0 Å². The molecule has 0 unspecified atom stereocenters. The molecule has 0 heterocycles. The van der Waals surface area contributed by atoms with Gasteiger partial charge in [-0.2, -0.15) is 0 Å². The van der Waals surface area contributed by atoms with E-state index in [4.69, 9.17) is 18.9 Å². The molecule has 0 fully saturated rings. The van der Waals surface area contributed by atoms with Gasteiger partial charge in [0.05, 0.1) is 19.8 Å². The van der Waals surface area contributed by atoms with Gasteiger partial charge in [-0.25, -0.2) is 4.79 Å². The molecule has 0 atom stereocenters. The molecule has 0 aromatic heterocycles. The number of esters is 1. The van der Waals surface area contributed by atoms with Gasteiger partial charge in [-0.05, 0) is 67.4 Å². The van der Waals surface area contributed by atoms with Crippen LogP contribution in [0.4, 0.5) is 5.69 Å². The van der Waals surface area contributed by atoms with Gasteiger partial charge in [0.25, 0.3) is 5.91 Å². The maximum atomic E-state index is 12.5. The van der Waals surface area contributed by atoms with Crippen LogP contribution in [0.1, 0.15) is 27.0 Å². The van der Waals surface area contributed by atoms with Gasteiger partial charge in [-0.1, -0.05) is 23.8 Å². The lowest BCUT2D eigenvalue weighted by molar-refractivity contribution is -0.118. The molecule has 0 saturated heterocycles. The Morgan fingerprint density at radius 3 is 2.30 bits per heavy atom. The number of hydrogen-bond acceptors (Lipinski definition) is 6. The molecular weight excluding hydrogens is 422 g/mol. The van der Waals surface area contributed by atoms with Crippen LogP contribution >= 0.6 is 0 Å². The van der Waals surface area contributed by atoms with E-state index in [0.717, 1.165) is 16.7 Å². The van der Waals surface area contributed by atoms with Gasteiger partial charge < -0.3 is 24.3 Å². The van der Waals surface area contributed by atoms with E-state index in [0.29, 0.717) is 28.5 Å². The standard InChI is InChI=1S/C26H27NO6/c1-17-5-6-18(2)20(13-17)15-33-26(29)19-7-12-23(24(14-19)31-4)32-16-25(28)27-21-8-10-22(30-3)11-9-21/h5-14H,15-16H2,1-4H3,(H,27,28). The predicted molar refractivity (Wildman–Crippen MR) is 125 cm³/mol. The number of hydrogen-bond donors (Lipinski definition) is 1. The van der Waals surface area contributed by atoms with Gasteiger partial charge in [0, 0.05) is 5.69 Å². The molecule has 3 rings (SSSR count). The lowest BCUT2D eigenvalue weighted by Gasteiger charge is -2.13. The van der Waals surface area contributed by atoms with Crippen LogP contribution in [0.5, 0.6) is 17.2 Å². The molecule has 7 heteroatoms. The quantitative estimate of drug-likeness (QED) is 0.477. The first-order valence-corrected chi connectivity index (χ1v) is 10.4. The molecule has 1 N–H and O–H groups in total. The number of benzene rings is 3. The van der Waals surface area contributed by atoms with Crippen molar-refractivity contribution in [2.75, 3.05) is 26.1 Å². The van der Waals surface area contributed by atoms with Gasteiger partial charge in [-0.3, -0.25) is 4.79 Å². The maximum Gasteiger partial charge on any atom is 0.338 e. The van der Waals surface area contributed by atoms with Gasteiger partial charge in [-0.15, -0.1) is 0 Å². The van der Waals surface area contributed by atoms with Gasteiger partial charge in [0.15, 0.2) is 18.1 Å². The summed E-state index contributed by atoms with van der Waals surface area (Å²) in [5, 5.41) is 2.74. The minimum absolute atomic E-state index is 0.179. The second-order valence-corrected chi connectivity index (χ2v) is 7.44. The molecule has 0 saturated carbocycles. The first-order chi connectivity index (χ1) is 15.9. The predicted octanol–water partition coefficient (Wildman–Crippen LogP) is 4.70. The highest BCUT2D eigenvalue weighted by Crippen LogP contribution is 2.28. The van der Waals surface area contributed by atoms with Crippen molar-refractivity contribution in [1.29, 1.82) is 0 Å². The zero-order chi connectivity index (χ0) is 23.8. The van der Waals surface area contributed by atoms with E-state index in [1.165, 1.54) is 13.2 Å². The average molecular weight is 450 g/mol. The summed E-state index contributed by atoms with van der Waals surface area (Å²) in [5.41, 5.74) is 4.07. The van der Waals surface area contributed by atoms with Crippen LogP contribution in [0, 0.1) is 13.8 Å². The molecule has 1 amide bonds. The number of amides is 1. The lowest BCUT2D eigenvalue weighted by Crippen LogP contribution is -2.20. The Balaban J connectivity index is 1.58. The second kappa shape index (κ2) is 11.0. The zero-order valence-electron chi connectivity index (χ0n) is 19.1. The summed E-state index contributed by atoms with van der Waals surface area (Å²) in [6, 6.07) is 17.7. The van der Waals surface area contributed by atoms with Gasteiger partial charge >= 0.3 is 5.97 Å². The van der Waals surface area contributed by atoms with Crippen molar-refractivity contribution < 1.29 is 28.5 Å². The fourth-order valence-corrected chi connectivity index (χ4v) is 3.11. The molecule has 0 aliphatic rings. The number of ether oxygens (including phenoxy) is 4. The van der Waals surface area contributed by atoms with Crippen LogP contribution in [-0.2, 0) is 16.1 Å². The van der Waals surface area contributed by atoms with Crippen LogP contribution in [0.25, 0.3) is 0 Å². The van der Waals surface area contributed by atoms with Crippen LogP contribution in [0.15, 0.2) is 60.7 Å². The highest BCUT2D eigenvalue weighted by atomic mass is 16.5. The summed E-state index contributed by atoms with van der Waals surface area (Å²) in [6.45, 7) is 3.92. The van der Waals surface area contributed by atoms with Crippen LogP contribution in [0.3, 0.4) is 0 Å². The SMILES string of the molecule is COc1ccc(NC(=O)COc2ccc(C(=O)OCc3cc(C)ccc3C)cc2OC)cc1. The molecule has 3 aromatic carbocycles.